The van der Waals surface area contributed by atoms with E-state index in [1.807, 2.05) is 6.07 Å². The van der Waals surface area contributed by atoms with Gasteiger partial charge in [-0.1, -0.05) is 191 Å². The maximum absolute atomic E-state index is 6.37. The minimum Gasteiger partial charge on any atom is -0.456 e. The molecule has 9 aromatic carbocycles. The first-order valence-corrected chi connectivity index (χ1v) is 20.1. The Hall–Kier alpha value is -7.16. The monoisotopic (exact) mass is 745 g/mol. The van der Waals surface area contributed by atoms with Crippen LogP contribution < -0.4 is 4.90 Å². The normalized spacial score (nSPS) is 11.7. The fraction of sp³-hybridized carbons (Fsp3) is 0.0714. The van der Waals surface area contributed by atoms with E-state index in [0.717, 1.165) is 55.7 Å². The molecule has 0 saturated heterocycles. The predicted molar refractivity (Wildman–Crippen MR) is 246 cm³/mol. The fourth-order valence-corrected chi connectivity index (χ4v) is 8.60. The van der Waals surface area contributed by atoms with Gasteiger partial charge >= 0.3 is 0 Å². The van der Waals surface area contributed by atoms with Gasteiger partial charge in [0.05, 0.1) is 11.4 Å². The van der Waals surface area contributed by atoms with Crippen molar-refractivity contribution >= 4 is 49.8 Å². The maximum Gasteiger partial charge on any atom is 0.136 e. The molecular formula is C56H43NO. The molecule has 0 aliphatic heterocycles. The fourth-order valence-electron chi connectivity index (χ4n) is 8.60. The zero-order valence-electron chi connectivity index (χ0n) is 33.0. The molecule has 0 N–H and O–H groups in total. The van der Waals surface area contributed by atoms with Crippen LogP contribution in [0.1, 0.15) is 26.3 Å². The van der Waals surface area contributed by atoms with Gasteiger partial charge in [-0.25, -0.2) is 0 Å². The Balaban J connectivity index is 1.27. The third kappa shape index (κ3) is 6.24. The molecule has 0 radical (unpaired) electrons. The topological polar surface area (TPSA) is 16.4 Å². The lowest BCUT2D eigenvalue weighted by molar-refractivity contribution is 0.590. The smallest absolute Gasteiger partial charge is 0.136 e. The molecule has 10 aromatic rings. The van der Waals surface area contributed by atoms with Crippen LogP contribution in [0.4, 0.5) is 17.1 Å². The first kappa shape index (κ1) is 35.3. The number of rotatable bonds is 7. The standard InChI is InChI=1S/C56H43NO/c1-56(2,3)42-34-35-44(38-18-6-4-7-19-38)51(37-42)57(43-25-14-24-41(36-43)46-29-17-33-53-55(46)49-27-11-13-32-52(49)58-53)50-31-12-10-26-47(50)48-30-16-23-40-22-15-28-45(54(40)48)39-20-8-5-9-21-39/h4-37H,1-3H3. The van der Waals surface area contributed by atoms with Gasteiger partial charge in [-0.2, -0.15) is 0 Å². The van der Waals surface area contributed by atoms with Crippen molar-refractivity contribution < 1.29 is 4.42 Å². The Bertz CT molecular complexity index is 3090. The summed E-state index contributed by atoms with van der Waals surface area (Å²) in [5.41, 5.74) is 15.7. The molecule has 2 heteroatoms. The molecule has 0 unspecified atom stereocenters. The van der Waals surface area contributed by atoms with Crippen LogP contribution >= 0.6 is 0 Å². The van der Waals surface area contributed by atoms with Crippen LogP contribution in [0.25, 0.3) is 77.2 Å². The molecule has 0 saturated carbocycles. The highest BCUT2D eigenvalue weighted by atomic mass is 16.3. The molecule has 58 heavy (non-hydrogen) atoms. The second kappa shape index (κ2) is 14.4. The van der Waals surface area contributed by atoms with E-state index < -0.39 is 0 Å². The average molecular weight is 746 g/mol. The van der Waals surface area contributed by atoms with Gasteiger partial charge in [0.1, 0.15) is 11.2 Å². The van der Waals surface area contributed by atoms with E-state index >= 15 is 0 Å². The van der Waals surface area contributed by atoms with E-state index in [4.69, 9.17) is 4.42 Å². The van der Waals surface area contributed by atoms with Gasteiger partial charge in [0.15, 0.2) is 0 Å². The summed E-state index contributed by atoms with van der Waals surface area (Å²) in [7, 11) is 0. The van der Waals surface area contributed by atoms with E-state index in [1.54, 1.807) is 0 Å². The molecular weight excluding hydrogens is 703 g/mol. The number of furan rings is 1. The van der Waals surface area contributed by atoms with Gasteiger partial charge in [0, 0.05) is 27.6 Å². The van der Waals surface area contributed by atoms with Gasteiger partial charge < -0.3 is 9.32 Å². The Labute approximate surface area is 340 Å². The molecule has 0 aliphatic rings. The van der Waals surface area contributed by atoms with Crippen LogP contribution in [0.5, 0.6) is 0 Å². The number of para-hydroxylation sites is 2. The molecule has 1 aromatic heterocycles. The van der Waals surface area contributed by atoms with Crippen LogP contribution in [0.2, 0.25) is 0 Å². The zero-order valence-corrected chi connectivity index (χ0v) is 33.0. The van der Waals surface area contributed by atoms with Crippen molar-refractivity contribution in [3.8, 4) is 44.5 Å². The third-order valence-electron chi connectivity index (χ3n) is 11.4. The largest absolute Gasteiger partial charge is 0.456 e. The highest BCUT2D eigenvalue weighted by Gasteiger charge is 2.25. The summed E-state index contributed by atoms with van der Waals surface area (Å²) in [6.07, 6.45) is 0. The minimum absolute atomic E-state index is 0.0742. The number of hydrogen-bond donors (Lipinski definition) is 0. The van der Waals surface area contributed by atoms with Crippen molar-refractivity contribution in [2.45, 2.75) is 26.2 Å². The van der Waals surface area contributed by atoms with E-state index in [0.29, 0.717) is 0 Å². The van der Waals surface area contributed by atoms with Crippen molar-refractivity contribution in [1.29, 1.82) is 0 Å². The summed E-state index contributed by atoms with van der Waals surface area (Å²) in [5.74, 6) is 0. The molecule has 0 aliphatic carbocycles. The lowest BCUT2D eigenvalue weighted by atomic mass is 9.85. The van der Waals surface area contributed by atoms with Gasteiger partial charge in [-0.05, 0) is 91.5 Å². The minimum atomic E-state index is -0.0742. The summed E-state index contributed by atoms with van der Waals surface area (Å²) >= 11 is 0. The molecule has 0 bridgehead atoms. The van der Waals surface area contributed by atoms with Crippen LogP contribution in [0, 0.1) is 0 Å². The van der Waals surface area contributed by atoms with E-state index in [1.165, 1.54) is 44.2 Å². The average Bonchev–Trinajstić information content (AvgIpc) is 3.66. The Kier molecular flexibility index (Phi) is 8.76. The number of hydrogen-bond acceptors (Lipinski definition) is 2. The highest BCUT2D eigenvalue weighted by molar-refractivity contribution is 6.13. The summed E-state index contributed by atoms with van der Waals surface area (Å²) in [6.45, 7) is 6.89. The second-order valence-electron chi connectivity index (χ2n) is 16.1. The van der Waals surface area contributed by atoms with Crippen molar-refractivity contribution in [3.05, 3.63) is 212 Å². The Morgan fingerprint density at radius 2 is 0.948 bits per heavy atom. The molecule has 0 spiro atoms. The van der Waals surface area contributed by atoms with Crippen LogP contribution in [-0.4, -0.2) is 0 Å². The quantitative estimate of drug-likeness (QED) is 0.162. The first-order chi connectivity index (χ1) is 28.4. The van der Waals surface area contributed by atoms with Crippen LogP contribution in [-0.2, 0) is 5.41 Å². The number of benzene rings is 9. The molecule has 0 fully saturated rings. The summed E-state index contributed by atoms with van der Waals surface area (Å²) in [4.78, 5) is 2.49. The number of anilines is 3. The van der Waals surface area contributed by atoms with Gasteiger partial charge in [0.25, 0.3) is 0 Å². The Morgan fingerprint density at radius 1 is 0.379 bits per heavy atom. The van der Waals surface area contributed by atoms with E-state index in [-0.39, 0.29) is 5.41 Å². The first-order valence-electron chi connectivity index (χ1n) is 20.1. The van der Waals surface area contributed by atoms with Gasteiger partial charge in [-0.15, -0.1) is 0 Å². The third-order valence-corrected chi connectivity index (χ3v) is 11.4. The predicted octanol–water partition coefficient (Wildman–Crippen LogP) is 16.2. The molecule has 2 nitrogen and oxygen atoms in total. The number of nitrogens with zero attached hydrogens (tertiary/aromatic N) is 1. The highest BCUT2D eigenvalue weighted by Crippen LogP contribution is 2.49. The molecule has 0 amide bonds. The van der Waals surface area contributed by atoms with Crippen molar-refractivity contribution in [1.82, 2.24) is 0 Å². The van der Waals surface area contributed by atoms with Gasteiger partial charge in [0.2, 0.25) is 0 Å². The van der Waals surface area contributed by atoms with Crippen molar-refractivity contribution in [2.75, 3.05) is 4.90 Å². The van der Waals surface area contributed by atoms with E-state index in [2.05, 4.69) is 226 Å². The van der Waals surface area contributed by atoms with Crippen LogP contribution in [0.3, 0.4) is 0 Å². The van der Waals surface area contributed by atoms with Crippen molar-refractivity contribution in [3.63, 3.8) is 0 Å². The zero-order chi connectivity index (χ0) is 39.2. The number of fused-ring (bicyclic) bond motifs is 4. The second-order valence-corrected chi connectivity index (χ2v) is 16.1. The van der Waals surface area contributed by atoms with Crippen molar-refractivity contribution in [2.24, 2.45) is 0 Å². The molecule has 278 valence electrons. The van der Waals surface area contributed by atoms with Crippen LogP contribution in [0.15, 0.2) is 211 Å². The summed E-state index contributed by atoms with van der Waals surface area (Å²) in [6, 6.07) is 74.6. The molecule has 1 heterocycles. The summed E-state index contributed by atoms with van der Waals surface area (Å²) < 4.78 is 6.37. The maximum atomic E-state index is 6.37. The Morgan fingerprint density at radius 3 is 1.71 bits per heavy atom. The SMILES string of the molecule is CC(C)(C)c1ccc(-c2ccccc2)c(N(c2cccc(-c3cccc4oc5ccccc5c34)c2)c2ccccc2-c2cccc3cccc(-c4ccccc4)c23)c1. The van der Waals surface area contributed by atoms with E-state index in [9.17, 15) is 0 Å². The molecule has 0 atom stereocenters. The van der Waals surface area contributed by atoms with Gasteiger partial charge in [-0.3, -0.25) is 0 Å². The lowest BCUT2D eigenvalue weighted by Crippen LogP contribution is -2.16. The lowest BCUT2D eigenvalue weighted by Gasteiger charge is -2.32. The summed E-state index contributed by atoms with van der Waals surface area (Å²) in [5, 5.41) is 4.70. The molecule has 10 rings (SSSR count).